The molecule has 0 aliphatic heterocycles. The average molecular weight is 283 g/mol. The van der Waals surface area contributed by atoms with Crippen LogP contribution in [-0.4, -0.2) is 16.7 Å². The SMILES string of the molecule is O=c1[nH][nH]c(=O)c2c(NCC3CC4C=CC3C4)cccc12. The number of benzene rings is 1. The molecule has 3 N–H and O–H groups in total. The van der Waals surface area contributed by atoms with Crippen LogP contribution in [0.1, 0.15) is 12.8 Å². The molecule has 3 unspecified atom stereocenters. The molecule has 3 atom stereocenters. The van der Waals surface area contributed by atoms with Gasteiger partial charge >= 0.3 is 0 Å². The third kappa shape index (κ3) is 2.00. The van der Waals surface area contributed by atoms with Gasteiger partial charge in [0.2, 0.25) is 0 Å². The number of H-pyrrole nitrogens is 2. The summed E-state index contributed by atoms with van der Waals surface area (Å²) in [4.78, 5) is 23.8. The van der Waals surface area contributed by atoms with Crippen LogP contribution in [0.5, 0.6) is 0 Å². The lowest BCUT2D eigenvalue weighted by Crippen LogP contribution is -2.22. The maximum Gasteiger partial charge on any atom is 0.272 e. The Bertz CT molecular complexity index is 833. The van der Waals surface area contributed by atoms with Crippen molar-refractivity contribution in [1.29, 1.82) is 0 Å². The van der Waals surface area contributed by atoms with E-state index in [1.54, 1.807) is 12.1 Å². The van der Waals surface area contributed by atoms with E-state index >= 15 is 0 Å². The number of allylic oxidation sites excluding steroid dienone is 2. The van der Waals surface area contributed by atoms with Crippen molar-refractivity contribution < 1.29 is 0 Å². The number of nitrogens with one attached hydrogen (secondary N) is 3. The van der Waals surface area contributed by atoms with Gasteiger partial charge in [-0.1, -0.05) is 18.2 Å². The molecular formula is C16H17N3O2. The second-order valence-electron chi connectivity index (χ2n) is 6.06. The highest BCUT2D eigenvalue weighted by Gasteiger charge is 2.35. The molecule has 0 spiro atoms. The molecule has 1 heterocycles. The molecule has 5 nitrogen and oxygen atoms in total. The summed E-state index contributed by atoms with van der Waals surface area (Å²) in [6, 6.07) is 5.34. The van der Waals surface area contributed by atoms with E-state index in [0.717, 1.165) is 18.2 Å². The molecule has 2 bridgehead atoms. The minimum absolute atomic E-state index is 0.263. The topological polar surface area (TPSA) is 77.8 Å². The zero-order valence-electron chi connectivity index (χ0n) is 11.6. The fourth-order valence-electron chi connectivity index (χ4n) is 3.75. The van der Waals surface area contributed by atoms with Crippen LogP contribution >= 0.6 is 0 Å². The molecule has 0 amide bonds. The van der Waals surface area contributed by atoms with Crippen molar-refractivity contribution in [3.05, 3.63) is 51.1 Å². The predicted octanol–water partition coefficient (Wildman–Crippen LogP) is 1.84. The fourth-order valence-corrected chi connectivity index (χ4v) is 3.75. The average Bonchev–Trinajstić information content (AvgIpc) is 3.11. The monoisotopic (exact) mass is 283 g/mol. The third-order valence-electron chi connectivity index (χ3n) is 4.80. The number of aromatic nitrogens is 2. The summed E-state index contributed by atoms with van der Waals surface area (Å²) in [5.41, 5.74) is 0.211. The minimum atomic E-state index is -0.267. The first kappa shape index (κ1) is 12.4. The van der Waals surface area contributed by atoms with Crippen LogP contribution in [0, 0.1) is 17.8 Å². The van der Waals surface area contributed by atoms with Crippen LogP contribution in [0.2, 0.25) is 0 Å². The maximum atomic E-state index is 12.0. The van der Waals surface area contributed by atoms with Crippen molar-refractivity contribution in [1.82, 2.24) is 10.2 Å². The molecule has 21 heavy (non-hydrogen) atoms. The summed E-state index contributed by atoms with van der Waals surface area (Å²) in [5.74, 6) is 2.02. The molecule has 1 fully saturated rings. The molecule has 2 aliphatic rings. The van der Waals surface area contributed by atoms with Gasteiger partial charge in [0, 0.05) is 12.2 Å². The van der Waals surface area contributed by atoms with Gasteiger partial charge in [-0.3, -0.25) is 19.8 Å². The predicted molar refractivity (Wildman–Crippen MR) is 82.5 cm³/mol. The van der Waals surface area contributed by atoms with Gasteiger partial charge < -0.3 is 5.32 Å². The van der Waals surface area contributed by atoms with Gasteiger partial charge in [0.1, 0.15) is 0 Å². The van der Waals surface area contributed by atoms with E-state index in [0.29, 0.717) is 22.6 Å². The van der Waals surface area contributed by atoms with Crippen molar-refractivity contribution in [2.24, 2.45) is 17.8 Å². The van der Waals surface area contributed by atoms with Gasteiger partial charge in [0.15, 0.2) is 0 Å². The lowest BCUT2D eigenvalue weighted by Gasteiger charge is -2.19. The largest absolute Gasteiger partial charge is 0.384 e. The Morgan fingerprint density at radius 1 is 1.10 bits per heavy atom. The van der Waals surface area contributed by atoms with Crippen LogP contribution in [-0.2, 0) is 0 Å². The molecule has 1 aromatic heterocycles. The van der Waals surface area contributed by atoms with Gasteiger partial charge in [-0.05, 0) is 42.7 Å². The van der Waals surface area contributed by atoms with Gasteiger partial charge in [0.05, 0.1) is 10.8 Å². The van der Waals surface area contributed by atoms with E-state index in [2.05, 4.69) is 27.7 Å². The first-order valence-corrected chi connectivity index (χ1v) is 7.38. The Morgan fingerprint density at radius 3 is 2.71 bits per heavy atom. The molecule has 1 saturated carbocycles. The summed E-state index contributed by atoms with van der Waals surface area (Å²) >= 11 is 0. The Labute approximate surface area is 121 Å². The zero-order chi connectivity index (χ0) is 14.4. The van der Waals surface area contributed by atoms with Crippen molar-refractivity contribution in [2.75, 3.05) is 11.9 Å². The summed E-state index contributed by atoms with van der Waals surface area (Å²) in [7, 11) is 0. The molecule has 2 aromatic rings. The third-order valence-corrected chi connectivity index (χ3v) is 4.80. The van der Waals surface area contributed by atoms with Crippen molar-refractivity contribution in [3.8, 4) is 0 Å². The molecule has 2 aliphatic carbocycles. The maximum absolute atomic E-state index is 12.0. The van der Waals surface area contributed by atoms with E-state index in [4.69, 9.17) is 0 Å². The van der Waals surface area contributed by atoms with Crippen LogP contribution in [0.15, 0.2) is 39.9 Å². The van der Waals surface area contributed by atoms with E-state index in [1.807, 2.05) is 6.07 Å². The lowest BCUT2D eigenvalue weighted by atomic mass is 9.93. The smallest absolute Gasteiger partial charge is 0.272 e. The number of rotatable bonds is 3. The summed E-state index contributed by atoms with van der Waals surface area (Å²) in [5, 5.41) is 9.00. The standard InChI is InChI=1S/C16H17N3O2/c20-15-12-2-1-3-13(14(12)16(21)19-18-15)17-8-11-7-9-4-5-10(11)6-9/h1-5,9-11,17H,6-8H2,(H,18,20)(H,19,21). The van der Waals surface area contributed by atoms with Gasteiger partial charge in [-0.2, -0.15) is 0 Å². The Kier molecular flexibility index (Phi) is 2.74. The van der Waals surface area contributed by atoms with E-state index < -0.39 is 0 Å². The van der Waals surface area contributed by atoms with Crippen LogP contribution in [0.4, 0.5) is 5.69 Å². The van der Waals surface area contributed by atoms with E-state index in [9.17, 15) is 9.59 Å². The fraction of sp³-hybridized carbons (Fsp3) is 0.375. The highest BCUT2D eigenvalue weighted by atomic mass is 16.1. The number of hydrogen-bond acceptors (Lipinski definition) is 3. The molecule has 5 heteroatoms. The minimum Gasteiger partial charge on any atom is -0.384 e. The molecule has 4 rings (SSSR count). The molecule has 1 aromatic carbocycles. The van der Waals surface area contributed by atoms with Gasteiger partial charge in [-0.25, -0.2) is 0 Å². The molecule has 0 radical (unpaired) electrons. The van der Waals surface area contributed by atoms with Crippen LogP contribution < -0.4 is 16.4 Å². The van der Waals surface area contributed by atoms with Gasteiger partial charge in [-0.15, -0.1) is 0 Å². The Morgan fingerprint density at radius 2 is 1.95 bits per heavy atom. The number of anilines is 1. The molecule has 108 valence electrons. The Hall–Kier alpha value is -2.30. The second kappa shape index (κ2) is 4.62. The van der Waals surface area contributed by atoms with Crippen molar-refractivity contribution in [2.45, 2.75) is 12.8 Å². The van der Waals surface area contributed by atoms with Crippen LogP contribution in [0.25, 0.3) is 10.8 Å². The first-order valence-electron chi connectivity index (χ1n) is 7.38. The summed E-state index contributed by atoms with van der Waals surface area (Å²) in [6.07, 6.45) is 7.13. The van der Waals surface area contributed by atoms with Crippen molar-refractivity contribution >= 4 is 16.5 Å². The summed E-state index contributed by atoms with van der Waals surface area (Å²) < 4.78 is 0. The van der Waals surface area contributed by atoms with Gasteiger partial charge in [0.25, 0.3) is 11.1 Å². The quantitative estimate of drug-likeness (QED) is 0.752. The highest BCUT2D eigenvalue weighted by Crippen LogP contribution is 2.43. The first-order chi connectivity index (χ1) is 10.2. The second-order valence-corrected chi connectivity index (χ2v) is 6.06. The normalized spacial score (nSPS) is 26.6. The number of aromatic amines is 2. The van der Waals surface area contributed by atoms with E-state index in [1.165, 1.54) is 12.8 Å². The highest BCUT2D eigenvalue weighted by molar-refractivity contribution is 5.92. The number of fused-ring (bicyclic) bond motifs is 3. The summed E-state index contributed by atoms with van der Waals surface area (Å²) in [6.45, 7) is 0.844. The van der Waals surface area contributed by atoms with E-state index in [-0.39, 0.29) is 11.1 Å². The zero-order valence-corrected chi connectivity index (χ0v) is 11.6. The Balaban J connectivity index is 1.65. The van der Waals surface area contributed by atoms with Crippen molar-refractivity contribution in [3.63, 3.8) is 0 Å². The van der Waals surface area contributed by atoms with Crippen LogP contribution in [0.3, 0.4) is 0 Å². The molecular weight excluding hydrogens is 266 g/mol. The lowest BCUT2D eigenvalue weighted by molar-refractivity contribution is 0.472. The molecule has 0 saturated heterocycles. The number of hydrogen-bond donors (Lipinski definition) is 3.